The van der Waals surface area contributed by atoms with E-state index in [9.17, 15) is 5.11 Å². The Balaban J connectivity index is 0.000000128. The molecule has 1 spiro atoms. The predicted molar refractivity (Wildman–Crippen MR) is 207 cm³/mol. The molecule has 2 aromatic heterocycles. The third-order valence-corrected chi connectivity index (χ3v) is 18.3. The molecule has 268 valence electrons. The van der Waals surface area contributed by atoms with Crippen LogP contribution in [0.25, 0.3) is 11.1 Å². The van der Waals surface area contributed by atoms with Gasteiger partial charge in [0, 0.05) is 30.2 Å². The fourth-order valence-corrected chi connectivity index (χ4v) is 15.7. The summed E-state index contributed by atoms with van der Waals surface area (Å²) in [5, 5.41) is 11.2. The summed E-state index contributed by atoms with van der Waals surface area (Å²) < 4.78 is 0. The van der Waals surface area contributed by atoms with Gasteiger partial charge in [-0.1, -0.05) is 70.2 Å². The van der Waals surface area contributed by atoms with Crippen molar-refractivity contribution in [2.75, 3.05) is 0 Å². The fourth-order valence-electron chi connectivity index (χ4n) is 15.7. The third kappa shape index (κ3) is 4.40. The summed E-state index contributed by atoms with van der Waals surface area (Å²) in [5.74, 6) is 5.60. The molecule has 3 nitrogen and oxygen atoms in total. The molecule has 1 N–H and O–H groups in total. The van der Waals surface area contributed by atoms with Gasteiger partial charge in [-0.25, -0.2) is 0 Å². The number of allylic oxidation sites excluding steroid dienone is 8. The lowest BCUT2D eigenvalue weighted by Gasteiger charge is -2.60. The van der Waals surface area contributed by atoms with Crippen LogP contribution in [0.15, 0.2) is 85.0 Å². The lowest BCUT2D eigenvalue weighted by molar-refractivity contribution is -0.140. The van der Waals surface area contributed by atoms with Gasteiger partial charge in [0.1, 0.15) is 0 Å². The standard InChI is InChI=1S/C24H31NO.C24H29N/c1-22-9-8-20-17(12-21(26)24-13-16(24)7-10-23(20,24)2)19(22)6-5-18(22)15-4-3-11-25-14-15;1-23-13-4-3-7-18(23)8-9-19-21-11-10-20(17-6-5-15-25-16-17)24(21,2)14-12-22(19)23/h3-5,11,14,16-17,19-21,26H,6-10,12-13H2,1-2H3;3,5-8,10,15-16,19,21-22H,4,9,11-14H2,1-2H3/t16?,17-,19-,20-,21?,22+,23+,24?;19-,21-,22-,23-,24+/m00/s1. The van der Waals surface area contributed by atoms with Crippen LogP contribution in [-0.2, 0) is 0 Å². The van der Waals surface area contributed by atoms with E-state index in [2.05, 4.69) is 98.5 Å². The van der Waals surface area contributed by atoms with E-state index < -0.39 is 0 Å². The first-order valence-corrected chi connectivity index (χ1v) is 20.9. The van der Waals surface area contributed by atoms with Gasteiger partial charge >= 0.3 is 0 Å². The van der Waals surface area contributed by atoms with Gasteiger partial charge < -0.3 is 5.11 Å². The van der Waals surface area contributed by atoms with Gasteiger partial charge in [-0.15, -0.1) is 0 Å². The highest BCUT2D eigenvalue weighted by Gasteiger charge is 2.77. The van der Waals surface area contributed by atoms with E-state index in [4.69, 9.17) is 0 Å². The van der Waals surface area contributed by atoms with Crippen molar-refractivity contribution in [2.24, 2.45) is 68.5 Å². The van der Waals surface area contributed by atoms with E-state index in [0.717, 1.165) is 36.0 Å². The van der Waals surface area contributed by atoms with Crippen molar-refractivity contribution in [3.05, 3.63) is 96.1 Å². The Morgan fingerprint density at radius 3 is 1.94 bits per heavy atom. The van der Waals surface area contributed by atoms with Crippen molar-refractivity contribution >= 4 is 11.1 Å². The van der Waals surface area contributed by atoms with E-state index in [1.54, 1.807) is 11.1 Å². The van der Waals surface area contributed by atoms with Crippen molar-refractivity contribution in [2.45, 2.75) is 117 Å². The molecule has 3 unspecified atom stereocenters. The van der Waals surface area contributed by atoms with Crippen LogP contribution in [0.1, 0.15) is 122 Å². The van der Waals surface area contributed by atoms with Gasteiger partial charge in [0.15, 0.2) is 0 Å². The Kier molecular flexibility index (Phi) is 7.32. The highest BCUT2D eigenvalue weighted by molar-refractivity contribution is 5.73. The van der Waals surface area contributed by atoms with E-state index in [-0.39, 0.29) is 11.5 Å². The number of nitrogens with zero attached hydrogens (tertiary/aromatic N) is 2. The van der Waals surface area contributed by atoms with E-state index >= 15 is 0 Å². The molecule has 9 aliphatic carbocycles. The van der Waals surface area contributed by atoms with Gasteiger partial charge in [0.25, 0.3) is 0 Å². The van der Waals surface area contributed by atoms with Crippen LogP contribution < -0.4 is 0 Å². The molecule has 13 atom stereocenters. The second-order valence-corrected chi connectivity index (χ2v) is 19.8. The number of aliphatic hydroxyl groups is 1. The van der Waals surface area contributed by atoms with Gasteiger partial charge in [0.2, 0.25) is 0 Å². The fraction of sp³-hybridized carbons (Fsp3) is 0.625. The van der Waals surface area contributed by atoms with E-state index in [1.807, 2.05) is 18.6 Å². The molecule has 51 heavy (non-hydrogen) atoms. The SMILES string of the molecule is C[C@]12CCC=CC1=CC[C@@H]1[C@@H]2CC[C@]2(C)C(c3cccnc3)=CC[C@@H]12.C[C@]12CC[C@H]3[C@@H](CC(O)C45CC4CC[C@]35C)[C@@H]1CC=C2c1cccnc1. The van der Waals surface area contributed by atoms with Crippen molar-refractivity contribution < 1.29 is 5.11 Å². The Hall–Kier alpha value is -2.78. The lowest BCUT2D eigenvalue weighted by atomic mass is 9.45. The maximum Gasteiger partial charge on any atom is 0.0607 e. The maximum absolute atomic E-state index is 11.2. The van der Waals surface area contributed by atoms with Crippen LogP contribution in [0.2, 0.25) is 0 Å². The Bertz CT molecular complexity index is 1830. The molecule has 3 heteroatoms. The zero-order valence-corrected chi connectivity index (χ0v) is 31.7. The average molecular weight is 681 g/mol. The van der Waals surface area contributed by atoms with Gasteiger partial charge in [0.05, 0.1) is 6.10 Å². The van der Waals surface area contributed by atoms with Crippen LogP contribution in [0, 0.1) is 68.5 Å². The van der Waals surface area contributed by atoms with Crippen LogP contribution >= 0.6 is 0 Å². The molecule has 5 saturated carbocycles. The molecule has 5 fully saturated rings. The van der Waals surface area contributed by atoms with Gasteiger partial charge in [-0.05, 0) is 187 Å². The summed E-state index contributed by atoms with van der Waals surface area (Å²) in [5.41, 5.74) is 9.17. The molecule has 2 heterocycles. The molecule has 0 aliphatic heterocycles. The average Bonchev–Trinajstić information content (AvgIpc) is 3.45. The molecular weight excluding hydrogens is 621 g/mol. The van der Waals surface area contributed by atoms with E-state index in [0.29, 0.717) is 33.5 Å². The number of aliphatic hydroxyl groups excluding tert-OH is 1. The molecule has 9 aliphatic rings. The quantitative estimate of drug-likeness (QED) is 0.343. The lowest BCUT2D eigenvalue weighted by Crippen LogP contribution is -2.56. The van der Waals surface area contributed by atoms with Crippen LogP contribution in [0.3, 0.4) is 0 Å². The number of aromatic nitrogens is 2. The van der Waals surface area contributed by atoms with Gasteiger partial charge in [-0.2, -0.15) is 0 Å². The summed E-state index contributed by atoms with van der Waals surface area (Å²) in [4.78, 5) is 8.77. The van der Waals surface area contributed by atoms with Crippen molar-refractivity contribution in [1.82, 2.24) is 9.97 Å². The van der Waals surface area contributed by atoms with Crippen molar-refractivity contribution in [1.29, 1.82) is 0 Å². The first kappa shape index (κ1) is 32.8. The summed E-state index contributed by atoms with van der Waals surface area (Å²) in [6, 6.07) is 8.64. The predicted octanol–water partition coefficient (Wildman–Crippen LogP) is 11.3. The zero-order chi connectivity index (χ0) is 34.8. The molecule has 0 aromatic carbocycles. The highest BCUT2D eigenvalue weighted by Crippen LogP contribution is 2.81. The zero-order valence-electron chi connectivity index (χ0n) is 31.7. The first-order chi connectivity index (χ1) is 24.6. The second-order valence-electron chi connectivity index (χ2n) is 19.8. The Labute approximate surface area is 307 Å². The molecule has 0 amide bonds. The molecule has 0 bridgehead atoms. The number of hydrogen-bond donors (Lipinski definition) is 1. The Morgan fingerprint density at radius 1 is 0.667 bits per heavy atom. The molecular formula is C48H60N2O. The maximum atomic E-state index is 11.2. The monoisotopic (exact) mass is 680 g/mol. The van der Waals surface area contributed by atoms with E-state index in [1.165, 1.54) is 93.7 Å². The van der Waals surface area contributed by atoms with Crippen molar-refractivity contribution in [3.8, 4) is 0 Å². The minimum absolute atomic E-state index is 0.0500. The molecule has 0 radical (unpaired) electrons. The third-order valence-electron chi connectivity index (χ3n) is 18.3. The second kappa shape index (κ2) is 11.4. The highest BCUT2D eigenvalue weighted by atomic mass is 16.3. The van der Waals surface area contributed by atoms with Crippen LogP contribution in [0.4, 0.5) is 0 Å². The largest absolute Gasteiger partial charge is 0.393 e. The molecule has 0 saturated heterocycles. The number of rotatable bonds is 2. The first-order valence-electron chi connectivity index (χ1n) is 20.9. The summed E-state index contributed by atoms with van der Waals surface area (Å²) >= 11 is 0. The van der Waals surface area contributed by atoms with Crippen molar-refractivity contribution in [3.63, 3.8) is 0 Å². The van der Waals surface area contributed by atoms with Gasteiger partial charge in [-0.3, -0.25) is 9.97 Å². The smallest absolute Gasteiger partial charge is 0.0607 e. The topological polar surface area (TPSA) is 46.0 Å². The summed E-state index contributed by atoms with van der Waals surface area (Å²) in [7, 11) is 0. The molecule has 2 aromatic rings. The summed E-state index contributed by atoms with van der Waals surface area (Å²) in [6.07, 6.45) is 37.2. The molecule has 11 rings (SSSR count). The minimum atomic E-state index is -0.0500. The number of fused-ring (bicyclic) bond motifs is 9. The minimum Gasteiger partial charge on any atom is -0.393 e. The number of pyridine rings is 2. The normalized spacial score (nSPS) is 48.1. The van der Waals surface area contributed by atoms with Crippen LogP contribution in [0.5, 0.6) is 0 Å². The Morgan fingerprint density at radius 2 is 1.31 bits per heavy atom. The summed E-state index contributed by atoms with van der Waals surface area (Å²) in [6.45, 7) is 10.2. The van der Waals surface area contributed by atoms with Crippen LogP contribution in [-0.4, -0.2) is 21.2 Å². The number of hydrogen-bond acceptors (Lipinski definition) is 3.